The Hall–Kier alpha value is -2.66. The first-order valence-electron chi connectivity index (χ1n) is 12.2. The number of methoxy groups -OCH3 is 1. The van der Waals surface area contributed by atoms with Crippen LogP contribution in [0.2, 0.25) is 0 Å². The first-order chi connectivity index (χ1) is 15.9. The molecule has 4 rings (SSSR count). The van der Waals surface area contributed by atoms with Gasteiger partial charge in [0.25, 0.3) is 0 Å². The number of likely N-dealkylation sites (tertiary alicyclic amines) is 1. The first kappa shape index (κ1) is 23.5. The molecule has 1 aliphatic heterocycles. The molecule has 0 radical (unpaired) electrons. The molecular formula is C28H36N2O3. The molecule has 1 N–H and O–H groups in total. The average molecular weight is 449 g/mol. The molecule has 2 aromatic rings. The molecule has 1 aliphatic carbocycles. The summed E-state index contributed by atoms with van der Waals surface area (Å²) in [7, 11) is 1.49. The zero-order chi connectivity index (χ0) is 23.4. The van der Waals surface area contributed by atoms with Crippen molar-refractivity contribution in [3.63, 3.8) is 0 Å². The molecule has 2 aliphatic rings. The van der Waals surface area contributed by atoms with Crippen LogP contribution in [0.4, 0.5) is 5.69 Å². The van der Waals surface area contributed by atoms with E-state index >= 15 is 0 Å². The van der Waals surface area contributed by atoms with E-state index in [1.165, 1.54) is 31.1 Å². The van der Waals surface area contributed by atoms with Crippen molar-refractivity contribution in [3.05, 3.63) is 65.7 Å². The van der Waals surface area contributed by atoms with Crippen molar-refractivity contribution < 1.29 is 14.3 Å². The average Bonchev–Trinajstić information content (AvgIpc) is 2.80. The number of carbonyl (C=O) groups is 2. The zero-order valence-electron chi connectivity index (χ0n) is 20.0. The Morgan fingerprint density at radius 3 is 2.67 bits per heavy atom. The molecule has 4 unspecified atom stereocenters. The number of carbonyl (C=O) groups excluding carboxylic acids is 2. The summed E-state index contributed by atoms with van der Waals surface area (Å²) in [6, 6.07) is 19.1. The van der Waals surface area contributed by atoms with Crippen molar-refractivity contribution in [2.45, 2.75) is 57.4 Å². The molecule has 2 bridgehead atoms. The van der Waals surface area contributed by atoms with Gasteiger partial charge in [-0.05, 0) is 61.4 Å². The Morgan fingerprint density at radius 2 is 1.94 bits per heavy atom. The fourth-order valence-electron chi connectivity index (χ4n) is 6.29. The second-order valence-corrected chi connectivity index (χ2v) is 9.82. The van der Waals surface area contributed by atoms with Crippen LogP contribution in [-0.4, -0.2) is 43.0 Å². The number of anilines is 1. The third-order valence-electron chi connectivity index (χ3n) is 7.96. The Bertz CT molecular complexity index is 976. The number of nitrogens with one attached hydrogen (secondary N) is 1. The summed E-state index contributed by atoms with van der Waals surface area (Å²) >= 11 is 0. The minimum absolute atomic E-state index is 0.0405. The monoisotopic (exact) mass is 448 g/mol. The van der Waals surface area contributed by atoms with Crippen molar-refractivity contribution in [2.75, 3.05) is 25.5 Å². The van der Waals surface area contributed by atoms with Gasteiger partial charge in [0.15, 0.2) is 0 Å². The van der Waals surface area contributed by atoms with E-state index < -0.39 is 0 Å². The Labute approximate surface area is 197 Å². The van der Waals surface area contributed by atoms with Crippen molar-refractivity contribution >= 4 is 17.6 Å². The van der Waals surface area contributed by atoms with Crippen molar-refractivity contribution in [2.24, 2.45) is 11.8 Å². The zero-order valence-corrected chi connectivity index (χ0v) is 20.0. The standard InChI is InChI=1S/C28H36N2O3/c1-20-26-13-8-14-28(20,24-11-7-12-25(18-24)29-21(2)31)15-16-30(26)19-23(27(32)33-3)17-22-9-5-4-6-10-22/h4-7,9-12,18,20,23,26H,8,13-17,19H2,1-3H3,(H,29,31). The van der Waals surface area contributed by atoms with Crippen LogP contribution in [0, 0.1) is 11.8 Å². The lowest BCUT2D eigenvalue weighted by atomic mass is 9.57. The van der Waals surface area contributed by atoms with Crippen LogP contribution in [-0.2, 0) is 26.2 Å². The maximum absolute atomic E-state index is 12.7. The van der Waals surface area contributed by atoms with Gasteiger partial charge in [0.05, 0.1) is 13.0 Å². The van der Waals surface area contributed by atoms with Crippen LogP contribution in [0.5, 0.6) is 0 Å². The molecule has 1 amide bonds. The van der Waals surface area contributed by atoms with Gasteiger partial charge in [-0.15, -0.1) is 0 Å². The quantitative estimate of drug-likeness (QED) is 0.618. The molecule has 2 fully saturated rings. The molecule has 1 saturated heterocycles. The lowest BCUT2D eigenvalue weighted by Crippen LogP contribution is -2.59. The fourth-order valence-corrected chi connectivity index (χ4v) is 6.29. The molecule has 0 spiro atoms. The number of esters is 1. The van der Waals surface area contributed by atoms with Gasteiger partial charge < -0.3 is 10.1 Å². The Kier molecular flexibility index (Phi) is 7.18. The summed E-state index contributed by atoms with van der Waals surface area (Å²) in [4.78, 5) is 26.8. The lowest BCUT2D eigenvalue weighted by Gasteiger charge is -2.56. The minimum Gasteiger partial charge on any atom is -0.469 e. The number of hydrogen-bond acceptors (Lipinski definition) is 4. The van der Waals surface area contributed by atoms with Gasteiger partial charge in [0.2, 0.25) is 5.91 Å². The molecule has 176 valence electrons. The van der Waals surface area contributed by atoms with E-state index in [1.54, 1.807) is 6.92 Å². The summed E-state index contributed by atoms with van der Waals surface area (Å²) < 4.78 is 5.19. The van der Waals surface area contributed by atoms with Gasteiger partial charge in [-0.3, -0.25) is 14.5 Å². The predicted octanol–water partition coefficient (Wildman–Crippen LogP) is 4.81. The van der Waals surface area contributed by atoms with Crippen LogP contribution < -0.4 is 5.32 Å². The number of nitrogens with zero attached hydrogens (tertiary/aromatic N) is 1. The molecule has 1 heterocycles. The van der Waals surface area contributed by atoms with E-state index in [-0.39, 0.29) is 23.2 Å². The van der Waals surface area contributed by atoms with E-state index in [4.69, 9.17) is 4.74 Å². The Balaban J connectivity index is 1.54. The predicted molar refractivity (Wildman–Crippen MR) is 131 cm³/mol. The Morgan fingerprint density at radius 1 is 1.15 bits per heavy atom. The fraction of sp³-hybridized carbons (Fsp3) is 0.500. The highest BCUT2D eigenvalue weighted by Crippen LogP contribution is 2.51. The van der Waals surface area contributed by atoms with Crippen molar-refractivity contribution in [3.8, 4) is 0 Å². The van der Waals surface area contributed by atoms with Gasteiger partial charge in [-0.2, -0.15) is 0 Å². The molecule has 5 nitrogen and oxygen atoms in total. The third kappa shape index (κ3) is 4.98. The molecule has 0 aromatic heterocycles. The molecular weight excluding hydrogens is 412 g/mol. The number of ether oxygens (including phenoxy) is 1. The summed E-state index contributed by atoms with van der Waals surface area (Å²) in [5.74, 6) is 0.146. The number of hydrogen-bond donors (Lipinski definition) is 1. The van der Waals surface area contributed by atoms with E-state index in [1.807, 2.05) is 24.3 Å². The topological polar surface area (TPSA) is 58.6 Å². The van der Waals surface area contributed by atoms with Gasteiger partial charge in [-0.25, -0.2) is 0 Å². The molecule has 33 heavy (non-hydrogen) atoms. The second-order valence-electron chi connectivity index (χ2n) is 9.82. The molecule has 5 heteroatoms. The smallest absolute Gasteiger partial charge is 0.310 e. The van der Waals surface area contributed by atoms with E-state index in [0.717, 1.165) is 31.6 Å². The normalized spacial score (nSPS) is 25.8. The molecule has 2 aromatic carbocycles. The van der Waals surface area contributed by atoms with Gasteiger partial charge in [-0.1, -0.05) is 55.8 Å². The van der Waals surface area contributed by atoms with Crippen LogP contribution in [0.3, 0.4) is 0 Å². The lowest BCUT2D eigenvalue weighted by molar-refractivity contribution is -0.147. The van der Waals surface area contributed by atoms with Crippen LogP contribution in [0.15, 0.2) is 54.6 Å². The number of benzene rings is 2. The van der Waals surface area contributed by atoms with E-state index in [9.17, 15) is 9.59 Å². The minimum atomic E-state index is -0.165. The van der Waals surface area contributed by atoms with Crippen molar-refractivity contribution in [1.82, 2.24) is 4.90 Å². The summed E-state index contributed by atoms with van der Waals surface area (Å²) in [5, 5.41) is 2.95. The largest absolute Gasteiger partial charge is 0.469 e. The summed E-state index contributed by atoms with van der Waals surface area (Å²) in [6.45, 7) is 5.64. The van der Waals surface area contributed by atoms with Crippen LogP contribution in [0.25, 0.3) is 0 Å². The maximum Gasteiger partial charge on any atom is 0.310 e. The van der Waals surface area contributed by atoms with Crippen molar-refractivity contribution in [1.29, 1.82) is 0 Å². The number of fused-ring (bicyclic) bond motifs is 2. The highest BCUT2D eigenvalue weighted by Gasteiger charge is 2.49. The number of amides is 1. The first-order valence-corrected chi connectivity index (χ1v) is 12.2. The highest BCUT2D eigenvalue weighted by atomic mass is 16.5. The van der Waals surface area contributed by atoms with Crippen LogP contribution in [0.1, 0.15) is 50.7 Å². The number of piperidine rings is 1. The number of rotatable bonds is 7. The summed E-state index contributed by atoms with van der Waals surface area (Å²) in [6.07, 6.45) is 5.28. The van der Waals surface area contributed by atoms with Gasteiger partial charge in [0.1, 0.15) is 0 Å². The SMILES string of the molecule is COC(=O)C(Cc1ccccc1)CN1CCC2(c3cccc(NC(C)=O)c3)CCCC1C2C. The summed E-state index contributed by atoms with van der Waals surface area (Å²) in [5.41, 5.74) is 3.50. The van der Waals surface area contributed by atoms with E-state index in [2.05, 4.69) is 47.5 Å². The van der Waals surface area contributed by atoms with Gasteiger partial charge >= 0.3 is 5.97 Å². The maximum atomic E-state index is 12.7. The van der Waals surface area contributed by atoms with Gasteiger partial charge in [0, 0.05) is 30.6 Å². The third-order valence-corrected chi connectivity index (χ3v) is 7.96. The van der Waals surface area contributed by atoms with E-state index in [0.29, 0.717) is 18.4 Å². The molecule has 1 saturated carbocycles. The highest BCUT2D eigenvalue weighted by molar-refractivity contribution is 5.88. The molecule has 4 atom stereocenters. The van der Waals surface area contributed by atoms with Crippen LogP contribution >= 0.6 is 0 Å². The second kappa shape index (κ2) is 10.1.